The molecule has 1 atom stereocenters. The molecule has 0 spiro atoms. The summed E-state index contributed by atoms with van der Waals surface area (Å²) < 4.78 is 1.71. The summed E-state index contributed by atoms with van der Waals surface area (Å²) in [4.78, 5) is 10.6. The Morgan fingerprint density at radius 1 is 1.35 bits per heavy atom. The predicted octanol–water partition coefficient (Wildman–Crippen LogP) is 3.12. The number of nitrogens with zero attached hydrogens (tertiary/aromatic N) is 3. The van der Waals surface area contributed by atoms with E-state index in [9.17, 15) is 10.1 Å². The zero-order valence-corrected chi connectivity index (χ0v) is 12.4. The number of rotatable bonds is 5. The lowest BCUT2D eigenvalue weighted by molar-refractivity contribution is -0.386. The van der Waals surface area contributed by atoms with Crippen molar-refractivity contribution < 1.29 is 4.92 Å². The molecule has 1 aromatic heterocycles. The van der Waals surface area contributed by atoms with E-state index in [1.807, 2.05) is 30.3 Å². The molecule has 0 N–H and O–H groups in total. The van der Waals surface area contributed by atoms with E-state index in [-0.39, 0.29) is 16.5 Å². The summed E-state index contributed by atoms with van der Waals surface area (Å²) in [5.41, 5.74) is 2.32. The molecule has 6 heteroatoms. The van der Waals surface area contributed by atoms with Crippen LogP contribution in [0.15, 0.2) is 30.3 Å². The standard InChI is InChI=1S/C14H17N3O2S/c1-10-14(17(18)19)11(2)16(15-10)8-13(9-20)12-6-4-3-5-7-12/h3-7,13,20H,8-9H2,1-2H3. The largest absolute Gasteiger partial charge is 0.312 e. The average Bonchev–Trinajstić information content (AvgIpc) is 2.71. The molecule has 1 heterocycles. The van der Waals surface area contributed by atoms with Crippen molar-refractivity contribution in [1.29, 1.82) is 0 Å². The molecule has 0 fully saturated rings. The second-order valence-electron chi connectivity index (χ2n) is 4.75. The van der Waals surface area contributed by atoms with E-state index in [2.05, 4.69) is 17.7 Å². The van der Waals surface area contributed by atoms with Gasteiger partial charge < -0.3 is 0 Å². The third kappa shape index (κ3) is 2.85. The molecule has 1 aromatic carbocycles. The normalized spacial score (nSPS) is 12.3. The maximum absolute atomic E-state index is 11.0. The molecule has 0 bridgehead atoms. The van der Waals surface area contributed by atoms with Crippen LogP contribution in [0.25, 0.3) is 0 Å². The van der Waals surface area contributed by atoms with Crippen molar-refractivity contribution in [2.75, 3.05) is 5.75 Å². The van der Waals surface area contributed by atoms with Gasteiger partial charge in [-0.05, 0) is 25.2 Å². The van der Waals surface area contributed by atoms with Gasteiger partial charge in [-0.25, -0.2) is 0 Å². The highest BCUT2D eigenvalue weighted by Crippen LogP contribution is 2.25. The van der Waals surface area contributed by atoms with Crippen LogP contribution in [0.4, 0.5) is 5.69 Å². The van der Waals surface area contributed by atoms with Crippen LogP contribution in [0.2, 0.25) is 0 Å². The molecular weight excluding hydrogens is 274 g/mol. The highest BCUT2D eigenvalue weighted by atomic mass is 32.1. The summed E-state index contributed by atoms with van der Waals surface area (Å²) in [6.07, 6.45) is 0. The predicted molar refractivity (Wildman–Crippen MR) is 81.4 cm³/mol. The zero-order chi connectivity index (χ0) is 14.7. The Kier molecular flexibility index (Phi) is 4.44. The topological polar surface area (TPSA) is 61.0 Å². The van der Waals surface area contributed by atoms with E-state index < -0.39 is 0 Å². The third-order valence-electron chi connectivity index (χ3n) is 3.41. The van der Waals surface area contributed by atoms with Gasteiger partial charge in [0.25, 0.3) is 0 Å². The van der Waals surface area contributed by atoms with Gasteiger partial charge in [0.1, 0.15) is 11.4 Å². The van der Waals surface area contributed by atoms with Crippen LogP contribution in [-0.4, -0.2) is 20.5 Å². The van der Waals surface area contributed by atoms with Crippen LogP contribution < -0.4 is 0 Å². The molecule has 5 nitrogen and oxygen atoms in total. The SMILES string of the molecule is Cc1nn(CC(CS)c2ccccc2)c(C)c1[N+](=O)[O-]. The first-order chi connectivity index (χ1) is 9.54. The molecule has 1 unspecified atom stereocenters. The quantitative estimate of drug-likeness (QED) is 0.523. The Balaban J connectivity index is 2.29. The maximum Gasteiger partial charge on any atom is 0.312 e. The van der Waals surface area contributed by atoms with Crippen molar-refractivity contribution in [3.05, 3.63) is 57.4 Å². The van der Waals surface area contributed by atoms with Gasteiger partial charge in [0, 0.05) is 12.5 Å². The fourth-order valence-electron chi connectivity index (χ4n) is 2.33. The minimum atomic E-state index is -0.369. The fourth-order valence-corrected chi connectivity index (χ4v) is 2.66. The van der Waals surface area contributed by atoms with Gasteiger partial charge in [0.15, 0.2) is 0 Å². The average molecular weight is 291 g/mol. The van der Waals surface area contributed by atoms with Crippen LogP contribution in [-0.2, 0) is 6.54 Å². The van der Waals surface area contributed by atoms with Crippen LogP contribution in [0.1, 0.15) is 22.9 Å². The lowest BCUT2D eigenvalue weighted by atomic mass is 10.0. The summed E-state index contributed by atoms with van der Waals surface area (Å²) in [7, 11) is 0. The Morgan fingerprint density at radius 2 is 2.00 bits per heavy atom. The van der Waals surface area contributed by atoms with E-state index in [4.69, 9.17) is 0 Å². The monoisotopic (exact) mass is 291 g/mol. The van der Waals surface area contributed by atoms with E-state index in [0.29, 0.717) is 23.7 Å². The first kappa shape index (κ1) is 14.6. The van der Waals surface area contributed by atoms with E-state index in [0.717, 1.165) is 5.56 Å². The van der Waals surface area contributed by atoms with Crippen molar-refractivity contribution in [3.63, 3.8) is 0 Å². The molecule has 0 saturated carbocycles. The van der Waals surface area contributed by atoms with Gasteiger partial charge in [-0.2, -0.15) is 17.7 Å². The molecule has 106 valence electrons. The zero-order valence-electron chi connectivity index (χ0n) is 11.5. The lowest BCUT2D eigenvalue weighted by Gasteiger charge is -2.15. The van der Waals surface area contributed by atoms with E-state index in [1.54, 1.807) is 18.5 Å². The number of thiol groups is 1. The minimum absolute atomic E-state index is 0.107. The number of hydrogen-bond acceptors (Lipinski definition) is 4. The molecular formula is C14H17N3O2S. The van der Waals surface area contributed by atoms with Crippen molar-refractivity contribution in [2.24, 2.45) is 0 Å². The summed E-state index contributed by atoms with van der Waals surface area (Å²) in [6, 6.07) is 10.0. The molecule has 0 amide bonds. The third-order valence-corrected chi connectivity index (χ3v) is 3.85. The Labute approximate surface area is 123 Å². The molecule has 0 aliphatic carbocycles. The highest BCUT2D eigenvalue weighted by Gasteiger charge is 2.23. The Morgan fingerprint density at radius 3 is 2.50 bits per heavy atom. The lowest BCUT2D eigenvalue weighted by Crippen LogP contribution is -2.13. The Hall–Kier alpha value is -1.82. The first-order valence-corrected chi connectivity index (χ1v) is 7.02. The first-order valence-electron chi connectivity index (χ1n) is 6.38. The number of hydrogen-bond donors (Lipinski definition) is 1. The smallest absolute Gasteiger partial charge is 0.262 e. The number of benzene rings is 1. The Bertz CT molecular complexity index is 610. The van der Waals surface area contributed by atoms with Crippen molar-refractivity contribution >= 4 is 18.3 Å². The van der Waals surface area contributed by atoms with Gasteiger partial charge in [-0.3, -0.25) is 14.8 Å². The van der Waals surface area contributed by atoms with Crippen LogP contribution >= 0.6 is 12.6 Å². The van der Waals surface area contributed by atoms with Gasteiger partial charge in [0.05, 0.1) is 4.92 Å². The molecule has 0 aliphatic heterocycles. The highest BCUT2D eigenvalue weighted by molar-refractivity contribution is 7.80. The molecule has 0 saturated heterocycles. The molecule has 20 heavy (non-hydrogen) atoms. The fraction of sp³-hybridized carbons (Fsp3) is 0.357. The summed E-state index contributed by atoms with van der Waals surface area (Å²) in [5.74, 6) is 0.841. The van der Waals surface area contributed by atoms with E-state index >= 15 is 0 Å². The molecule has 2 aromatic rings. The summed E-state index contributed by atoms with van der Waals surface area (Å²) in [6.45, 7) is 3.99. The molecule has 0 aliphatic rings. The number of aryl methyl sites for hydroxylation is 1. The van der Waals surface area contributed by atoms with Crippen molar-refractivity contribution in [2.45, 2.75) is 26.3 Å². The number of aromatic nitrogens is 2. The minimum Gasteiger partial charge on any atom is -0.262 e. The van der Waals surface area contributed by atoms with Gasteiger partial charge >= 0.3 is 5.69 Å². The summed E-state index contributed by atoms with van der Waals surface area (Å²) >= 11 is 4.39. The molecule has 0 radical (unpaired) electrons. The van der Waals surface area contributed by atoms with E-state index in [1.165, 1.54) is 0 Å². The maximum atomic E-state index is 11.0. The van der Waals surface area contributed by atoms with Crippen molar-refractivity contribution in [3.8, 4) is 0 Å². The van der Waals surface area contributed by atoms with Gasteiger partial charge in [-0.15, -0.1) is 0 Å². The van der Waals surface area contributed by atoms with Crippen LogP contribution in [0, 0.1) is 24.0 Å². The number of nitro groups is 1. The second kappa shape index (κ2) is 6.09. The van der Waals surface area contributed by atoms with Gasteiger partial charge in [-0.1, -0.05) is 30.3 Å². The molecule has 2 rings (SSSR count). The van der Waals surface area contributed by atoms with Crippen LogP contribution in [0.5, 0.6) is 0 Å². The van der Waals surface area contributed by atoms with Crippen molar-refractivity contribution in [1.82, 2.24) is 9.78 Å². The summed E-state index contributed by atoms with van der Waals surface area (Å²) in [5, 5.41) is 15.3. The van der Waals surface area contributed by atoms with Gasteiger partial charge in [0.2, 0.25) is 0 Å². The van der Waals surface area contributed by atoms with Crippen LogP contribution in [0.3, 0.4) is 0 Å². The second-order valence-corrected chi connectivity index (χ2v) is 5.11.